The predicted molar refractivity (Wildman–Crippen MR) is 106 cm³/mol. The van der Waals surface area contributed by atoms with Gasteiger partial charge < -0.3 is 14.4 Å². The third-order valence-corrected chi connectivity index (χ3v) is 6.46. The van der Waals surface area contributed by atoms with Gasteiger partial charge in [0.25, 0.3) is 10.0 Å². The van der Waals surface area contributed by atoms with Crippen LogP contribution in [0.4, 0.5) is 11.4 Å². The van der Waals surface area contributed by atoms with Crippen LogP contribution in [0.2, 0.25) is 0 Å². The molecule has 0 aromatic heterocycles. The highest BCUT2D eigenvalue weighted by Gasteiger charge is 2.36. The van der Waals surface area contributed by atoms with Crippen molar-refractivity contribution in [3.63, 3.8) is 0 Å². The van der Waals surface area contributed by atoms with E-state index >= 15 is 0 Å². The van der Waals surface area contributed by atoms with Crippen LogP contribution in [-0.4, -0.2) is 35.1 Å². The van der Waals surface area contributed by atoms with Crippen LogP contribution in [0.25, 0.3) is 0 Å². The molecule has 1 fully saturated rings. The van der Waals surface area contributed by atoms with Gasteiger partial charge in [0.15, 0.2) is 11.5 Å². The van der Waals surface area contributed by atoms with Crippen LogP contribution in [0.15, 0.2) is 41.3 Å². The van der Waals surface area contributed by atoms with Crippen LogP contribution in [0, 0.1) is 5.92 Å². The number of methoxy groups -OCH3 is 2. The van der Waals surface area contributed by atoms with Crippen molar-refractivity contribution >= 4 is 27.3 Å². The van der Waals surface area contributed by atoms with Crippen molar-refractivity contribution in [3.8, 4) is 11.5 Å². The Kier molecular flexibility index (Phi) is 4.66. The summed E-state index contributed by atoms with van der Waals surface area (Å²) in [5, 5.41) is 0. The van der Waals surface area contributed by atoms with E-state index in [1.54, 1.807) is 18.2 Å². The van der Waals surface area contributed by atoms with Crippen LogP contribution in [0.3, 0.4) is 0 Å². The number of rotatable bonds is 6. The van der Waals surface area contributed by atoms with Crippen molar-refractivity contribution in [1.82, 2.24) is 0 Å². The van der Waals surface area contributed by atoms with E-state index in [9.17, 15) is 13.2 Å². The molecule has 28 heavy (non-hydrogen) atoms. The highest BCUT2D eigenvalue weighted by atomic mass is 32.2. The van der Waals surface area contributed by atoms with Crippen molar-refractivity contribution in [1.29, 1.82) is 0 Å². The molecule has 148 valence electrons. The van der Waals surface area contributed by atoms with Gasteiger partial charge in [-0.3, -0.25) is 9.52 Å². The van der Waals surface area contributed by atoms with Gasteiger partial charge in [0.05, 0.1) is 19.1 Å². The number of hydrogen-bond donors (Lipinski definition) is 1. The Morgan fingerprint density at radius 3 is 2.50 bits per heavy atom. The molecule has 0 atom stereocenters. The number of sulfonamides is 1. The Morgan fingerprint density at radius 2 is 1.82 bits per heavy atom. The summed E-state index contributed by atoms with van der Waals surface area (Å²) < 4.78 is 38.5. The first-order chi connectivity index (χ1) is 13.4. The number of carbonyl (C=O) groups is 1. The van der Waals surface area contributed by atoms with Crippen molar-refractivity contribution in [2.75, 3.05) is 30.4 Å². The number of nitrogens with zero attached hydrogens (tertiary/aromatic N) is 1. The Hall–Kier alpha value is -2.74. The molecule has 0 unspecified atom stereocenters. The largest absolute Gasteiger partial charge is 0.493 e. The number of amides is 1. The van der Waals surface area contributed by atoms with E-state index in [2.05, 4.69) is 4.72 Å². The summed E-state index contributed by atoms with van der Waals surface area (Å²) in [5.74, 6) is 1.14. The van der Waals surface area contributed by atoms with Crippen LogP contribution in [-0.2, 0) is 21.2 Å². The first-order valence-corrected chi connectivity index (χ1v) is 10.6. The molecule has 0 radical (unpaired) electrons. The maximum Gasteiger partial charge on any atom is 0.262 e. The SMILES string of the molecule is COc1ccc(S(=O)(=O)Nc2ccc3c(c2)CCN3C(=O)C2CC2)cc1OC. The quantitative estimate of drug-likeness (QED) is 0.803. The zero-order valence-corrected chi connectivity index (χ0v) is 16.6. The molecular formula is C20H22N2O5S. The van der Waals surface area contributed by atoms with E-state index in [1.165, 1.54) is 26.4 Å². The fourth-order valence-electron chi connectivity index (χ4n) is 3.44. The van der Waals surface area contributed by atoms with Gasteiger partial charge in [0.2, 0.25) is 5.91 Å². The topological polar surface area (TPSA) is 84.9 Å². The molecule has 1 N–H and O–H groups in total. The van der Waals surface area contributed by atoms with Gasteiger partial charge in [-0.1, -0.05) is 0 Å². The summed E-state index contributed by atoms with van der Waals surface area (Å²) in [5.41, 5.74) is 2.32. The fourth-order valence-corrected chi connectivity index (χ4v) is 4.51. The molecule has 1 amide bonds. The minimum Gasteiger partial charge on any atom is -0.493 e. The van der Waals surface area contributed by atoms with Crippen LogP contribution < -0.4 is 19.1 Å². The standard InChI is InChI=1S/C20H22N2O5S/c1-26-18-8-6-16(12-19(18)27-2)28(24,25)21-15-5-7-17-14(11-15)9-10-22(17)20(23)13-3-4-13/h5-8,11-13,21H,3-4,9-10H2,1-2H3. The summed E-state index contributed by atoms with van der Waals surface area (Å²) >= 11 is 0. The molecule has 2 aromatic carbocycles. The van der Waals surface area contributed by atoms with E-state index in [4.69, 9.17) is 9.47 Å². The molecule has 0 saturated heterocycles. The summed E-state index contributed by atoms with van der Waals surface area (Å²) in [6, 6.07) is 9.74. The smallest absolute Gasteiger partial charge is 0.262 e. The van der Waals surface area contributed by atoms with Crippen LogP contribution in [0.1, 0.15) is 18.4 Å². The lowest BCUT2D eigenvalue weighted by atomic mass is 10.1. The van der Waals surface area contributed by atoms with Gasteiger partial charge in [-0.25, -0.2) is 8.42 Å². The Labute approximate surface area is 164 Å². The monoisotopic (exact) mass is 402 g/mol. The normalized spacial score (nSPS) is 15.9. The number of hydrogen-bond acceptors (Lipinski definition) is 5. The molecule has 4 rings (SSSR count). The molecule has 2 aliphatic rings. The highest BCUT2D eigenvalue weighted by molar-refractivity contribution is 7.92. The first-order valence-electron chi connectivity index (χ1n) is 9.12. The second-order valence-electron chi connectivity index (χ2n) is 6.98. The number of fused-ring (bicyclic) bond motifs is 1. The van der Waals surface area contributed by atoms with Gasteiger partial charge in [-0.05, 0) is 55.2 Å². The summed E-state index contributed by atoms with van der Waals surface area (Å²) in [6.07, 6.45) is 2.65. The zero-order valence-electron chi connectivity index (χ0n) is 15.8. The van der Waals surface area contributed by atoms with E-state index in [-0.39, 0.29) is 16.7 Å². The highest BCUT2D eigenvalue weighted by Crippen LogP contribution is 2.37. The number of benzene rings is 2. The average molecular weight is 402 g/mol. The third-order valence-electron chi connectivity index (χ3n) is 5.09. The molecule has 7 nitrogen and oxygen atoms in total. The molecule has 2 aromatic rings. The molecule has 1 saturated carbocycles. The number of nitrogens with one attached hydrogen (secondary N) is 1. The molecular weight excluding hydrogens is 380 g/mol. The van der Waals surface area contributed by atoms with Gasteiger partial charge in [0, 0.05) is 29.9 Å². The van der Waals surface area contributed by atoms with E-state index < -0.39 is 10.0 Å². The molecule has 1 aliphatic carbocycles. The third kappa shape index (κ3) is 3.40. The van der Waals surface area contributed by atoms with Crippen molar-refractivity contribution < 1.29 is 22.7 Å². The van der Waals surface area contributed by atoms with E-state index in [0.29, 0.717) is 23.7 Å². The summed E-state index contributed by atoms with van der Waals surface area (Å²) in [4.78, 5) is 14.3. The fraction of sp³-hybridized carbons (Fsp3) is 0.350. The summed E-state index contributed by atoms with van der Waals surface area (Å²) in [6.45, 7) is 0.649. The maximum atomic E-state index is 12.8. The molecule has 0 spiro atoms. The second-order valence-corrected chi connectivity index (χ2v) is 8.66. The lowest BCUT2D eigenvalue weighted by molar-refractivity contribution is -0.119. The van der Waals surface area contributed by atoms with Crippen LogP contribution in [0.5, 0.6) is 11.5 Å². The Morgan fingerprint density at radius 1 is 1.07 bits per heavy atom. The van der Waals surface area contributed by atoms with Gasteiger partial charge in [0.1, 0.15) is 0 Å². The maximum absolute atomic E-state index is 12.8. The van der Waals surface area contributed by atoms with Crippen molar-refractivity contribution in [2.45, 2.75) is 24.2 Å². The lowest BCUT2D eigenvalue weighted by Crippen LogP contribution is -2.30. The minimum atomic E-state index is -3.79. The predicted octanol–water partition coefficient (Wildman–Crippen LogP) is 2.80. The van der Waals surface area contributed by atoms with Crippen molar-refractivity contribution in [3.05, 3.63) is 42.0 Å². The molecule has 1 heterocycles. The Bertz CT molecular complexity index is 1030. The van der Waals surface area contributed by atoms with Gasteiger partial charge in [-0.2, -0.15) is 0 Å². The van der Waals surface area contributed by atoms with E-state index in [1.807, 2.05) is 11.0 Å². The molecule has 1 aliphatic heterocycles. The first kappa shape index (κ1) is 18.6. The average Bonchev–Trinajstić information content (AvgIpc) is 3.46. The number of anilines is 2. The molecule has 0 bridgehead atoms. The van der Waals surface area contributed by atoms with Crippen molar-refractivity contribution in [2.24, 2.45) is 5.92 Å². The Balaban J connectivity index is 1.57. The van der Waals surface area contributed by atoms with Crippen LogP contribution >= 0.6 is 0 Å². The lowest BCUT2D eigenvalue weighted by Gasteiger charge is -2.17. The summed E-state index contributed by atoms with van der Waals surface area (Å²) in [7, 11) is -0.840. The number of ether oxygens (including phenoxy) is 2. The van der Waals surface area contributed by atoms with Gasteiger partial charge >= 0.3 is 0 Å². The van der Waals surface area contributed by atoms with E-state index in [0.717, 1.165) is 30.5 Å². The molecule has 8 heteroatoms. The minimum absolute atomic E-state index is 0.0798. The number of carbonyl (C=O) groups excluding carboxylic acids is 1. The van der Waals surface area contributed by atoms with Gasteiger partial charge in [-0.15, -0.1) is 0 Å². The second kappa shape index (κ2) is 7.01. The zero-order chi connectivity index (χ0) is 19.9.